The van der Waals surface area contributed by atoms with Crippen molar-refractivity contribution >= 4 is 15.9 Å². The van der Waals surface area contributed by atoms with E-state index in [-0.39, 0.29) is 0 Å². The molecule has 0 saturated carbocycles. The van der Waals surface area contributed by atoms with Crippen molar-refractivity contribution < 1.29 is 0 Å². The normalized spacial score (nSPS) is 33.2. The molecule has 26 valence electrons. The molecule has 0 aromatic rings. The Morgan fingerprint density at radius 1 is 2.75 bits per heavy atom. The molecule has 0 saturated heterocycles. The summed E-state index contributed by atoms with van der Waals surface area (Å²) in [6.07, 6.45) is 0.492. The minimum absolute atomic E-state index is 0.492. The topological polar surface area (TPSA) is 0 Å². The van der Waals surface area contributed by atoms with Gasteiger partial charge in [-0.25, -0.2) is 4.01 Å². The van der Waals surface area contributed by atoms with Crippen LogP contribution in [0.3, 0.4) is 0 Å². The first-order valence-corrected chi connectivity index (χ1v) is 2.43. The van der Waals surface area contributed by atoms with E-state index in [2.05, 4.69) is 0 Å². The van der Waals surface area contributed by atoms with E-state index in [4.69, 9.17) is 5.29 Å². The Kier molecular flexibility index (Phi) is 0.854. The predicted octanol–water partition coefficient (Wildman–Crippen LogP) is -0.0348. The molecule has 0 N–H and O–H groups in total. The van der Waals surface area contributed by atoms with Crippen molar-refractivity contribution in [2.45, 2.75) is 6.92 Å². The molecule has 1 atom stereocenters. The fraction of sp³-hybridized carbons (Fsp3) is 1.00. The molecule has 0 nitrogen and oxygen atoms in total. The van der Waals surface area contributed by atoms with E-state index in [1.807, 2.05) is 0 Å². The van der Waals surface area contributed by atoms with E-state index in [0.29, 0.717) is 6.16 Å². The predicted molar refractivity (Wildman–Crippen MR) is 28.8 cm³/mol. The first kappa shape index (κ1) is 0.977. The molecule has 0 aliphatic carbocycles. The van der Waals surface area contributed by atoms with Crippen molar-refractivity contribution in [1.82, 2.24) is 0 Å². The highest BCUT2D eigenvalue weighted by Crippen LogP contribution is 1.93. The van der Waals surface area contributed by atoms with Gasteiger partial charge in [0.15, 0.2) is 0 Å². The van der Waals surface area contributed by atoms with Gasteiger partial charge in [0.1, 0.15) is 0 Å². The molecular weight excluding hydrogens is 65.8 g/mol. The van der Waals surface area contributed by atoms with Gasteiger partial charge in [0, 0.05) is 1.28 Å². The van der Waals surface area contributed by atoms with E-state index in [1.54, 1.807) is 6.92 Å². The fourth-order valence-electron chi connectivity index (χ4n) is 0. The number of rotatable bonds is 2. The van der Waals surface area contributed by atoms with Crippen LogP contribution in [0.1, 0.15) is 6.92 Å². The van der Waals surface area contributed by atoms with Crippen LogP contribution in [0.5, 0.6) is 0 Å². The van der Waals surface area contributed by atoms with E-state index in [9.17, 15) is 0 Å². The van der Waals surface area contributed by atoms with Crippen molar-refractivity contribution in [3.8, 4) is 0 Å². The van der Waals surface area contributed by atoms with Gasteiger partial charge in [-0.2, -0.15) is 0 Å². The molecule has 2 heteroatoms. The summed E-state index contributed by atoms with van der Waals surface area (Å²) in [6, 6.07) is 0. The van der Waals surface area contributed by atoms with Gasteiger partial charge in [-0.3, -0.25) is 0 Å². The maximum absolute atomic E-state index is 7.00. The second-order valence-corrected chi connectivity index (χ2v) is 1.50. The molecule has 0 rings (SSSR count). The van der Waals surface area contributed by atoms with Crippen LogP contribution in [0.15, 0.2) is 0 Å². The highest BCUT2D eigenvalue weighted by Gasteiger charge is 1.48. The Hall–Kier alpha value is 0.495. The van der Waals surface area contributed by atoms with Crippen molar-refractivity contribution in [3.05, 3.63) is 0 Å². The third-order valence-corrected chi connectivity index (χ3v) is 0.548. The maximum Gasteiger partial charge on any atom is 0.0131 e. The first-order chi connectivity index (χ1) is 3.48. The first-order valence-electron chi connectivity index (χ1n) is 3.46. The molecule has 1 unspecified atom stereocenters. The Morgan fingerprint density at radius 3 is 3.50 bits per heavy atom. The zero-order valence-corrected chi connectivity index (χ0v) is 3.63. The molecule has 0 radical (unpaired) electrons. The second-order valence-electron chi connectivity index (χ2n) is 0.499. The number of hydrogen-bond acceptors (Lipinski definition) is 0. The molecule has 0 aliphatic heterocycles. The van der Waals surface area contributed by atoms with Crippen molar-refractivity contribution in [2.24, 2.45) is 0 Å². The smallest absolute Gasteiger partial charge is 0.0131 e. The lowest BCUT2D eigenvalue weighted by Gasteiger charge is -1.77. The molecule has 0 heterocycles. The van der Waals surface area contributed by atoms with Crippen LogP contribution in [0.4, 0.5) is 0 Å². The summed E-state index contributed by atoms with van der Waals surface area (Å²) in [6.45, 7) is 1.74. The van der Waals surface area contributed by atoms with Crippen LogP contribution in [0, 0.1) is 0 Å². The zero-order valence-electron chi connectivity index (χ0n) is 6.73. The zero-order chi connectivity index (χ0) is 6.78. The van der Waals surface area contributed by atoms with Gasteiger partial charge in [-0.1, -0.05) is 13.1 Å². The molecule has 0 aromatic carbocycles. The molecular formula is C2H9BP-. The van der Waals surface area contributed by atoms with Crippen LogP contribution < -0.4 is 0 Å². The van der Waals surface area contributed by atoms with Crippen LogP contribution in [-0.2, 0) is 0 Å². The molecule has 0 fully saturated rings. The third kappa shape index (κ3) is 2.49. The lowest BCUT2D eigenvalue weighted by atomic mass is 10.8. The molecule has 0 spiro atoms. The minimum Gasteiger partial charge on any atom is -0.303 e. The average molecular weight is 78.9 g/mol. The van der Waals surface area contributed by atoms with Gasteiger partial charge in [-0.05, 0) is 7.46 Å². The summed E-state index contributed by atoms with van der Waals surface area (Å²) in [5.74, 6) is 0. The highest BCUT2D eigenvalue weighted by molar-refractivity contribution is 7.66. The standard InChI is InChI=1S/C2H9BP/c1-2-4-3/h4H,2H2,1,3H3/q-1/i3D3,4D. The van der Waals surface area contributed by atoms with E-state index >= 15 is 0 Å². The maximum atomic E-state index is 7.00. The SMILES string of the molecule is [2H]P(CC)[B-]([2H])([2H])[2H]. The largest absolute Gasteiger partial charge is 0.303 e. The van der Waals surface area contributed by atoms with E-state index in [0.717, 1.165) is 0 Å². The van der Waals surface area contributed by atoms with Gasteiger partial charge < -0.3 is 8.40 Å². The summed E-state index contributed by atoms with van der Waals surface area (Å²) in [7, 11) is -3.99. The van der Waals surface area contributed by atoms with E-state index in [1.165, 1.54) is 0 Å². The molecule has 0 aromatic heterocycles. The van der Waals surface area contributed by atoms with Crippen molar-refractivity contribution in [3.63, 3.8) is 0 Å². The summed E-state index contributed by atoms with van der Waals surface area (Å²) in [4.78, 5) is 0. The van der Waals surface area contributed by atoms with Crippen molar-refractivity contribution in [2.75, 3.05) is 6.16 Å². The Bertz CT molecular complexity index is 70.9. The monoisotopic (exact) mass is 79.1 g/mol. The Labute approximate surface area is 35.5 Å². The van der Waals surface area contributed by atoms with Crippen LogP contribution in [0.25, 0.3) is 0 Å². The fourth-order valence-corrected chi connectivity index (χ4v) is 0. The van der Waals surface area contributed by atoms with E-state index < -0.39 is 15.9 Å². The van der Waals surface area contributed by atoms with Gasteiger partial charge in [-0.15, -0.1) is 0 Å². The summed E-state index contributed by atoms with van der Waals surface area (Å²) >= 11 is 0. The van der Waals surface area contributed by atoms with Crippen LogP contribution >= 0.6 is 8.40 Å². The highest BCUT2D eigenvalue weighted by atomic mass is 31.1. The molecule has 0 bridgehead atoms. The third-order valence-electron chi connectivity index (χ3n) is 0.183. The van der Waals surface area contributed by atoms with Gasteiger partial charge >= 0.3 is 0 Å². The van der Waals surface area contributed by atoms with Gasteiger partial charge in [0.25, 0.3) is 0 Å². The van der Waals surface area contributed by atoms with Crippen LogP contribution in [0.2, 0.25) is 0 Å². The summed E-state index contributed by atoms with van der Waals surface area (Å²) in [5, 5.41) is 0. The molecule has 4 heavy (non-hydrogen) atoms. The summed E-state index contributed by atoms with van der Waals surface area (Å²) in [5.41, 5.74) is 0. The van der Waals surface area contributed by atoms with Gasteiger partial charge in [0.05, 0.1) is 0 Å². The lowest BCUT2D eigenvalue weighted by molar-refractivity contribution is 1.53. The average Bonchev–Trinajstić information content (AvgIpc) is 1.62. The Balaban J connectivity index is 3.62. The van der Waals surface area contributed by atoms with Gasteiger partial charge in [0.2, 0.25) is 0 Å². The summed E-state index contributed by atoms with van der Waals surface area (Å²) < 4.78 is 27.3. The van der Waals surface area contributed by atoms with Crippen molar-refractivity contribution in [1.29, 1.82) is 5.29 Å². The quantitative estimate of drug-likeness (QED) is 0.322. The Morgan fingerprint density at radius 2 is 3.50 bits per heavy atom. The van der Waals surface area contributed by atoms with Crippen LogP contribution in [-0.4, -0.2) is 18.9 Å². The molecule has 0 aliphatic rings. The lowest BCUT2D eigenvalue weighted by Crippen LogP contribution is -1.50. The number of hydrogen-bond donors (Lipinski definition) is 0. The minimum atomic E-state index is -2.58. The molecule has 0 amide bonds. The second kappa shape index (κ2) is 3.49.